The predicted octanol–water partition coefficient (Wildman–Crippen LogP) is 1.63. The van der Waals surface area contributed by atoms with Gasteiger partial charge in [-0.15, -0.1) is 0 Å². The lowest BCUT2D eigenvalue weighted by Gasteiger charge is -2.08. The first-order chi connectivity index (χ1) is 7.96. The van der Waals surface area contributed by atoms with Crippen LogP contribution in [0.2, 0.25) is 0 Å². The Kier molecular flexibility index (Phi) is 3.01. The van der Waals surface area contributed by atoms with Crippen molar-refractivity contribution in [2.45, 2.75) is 12.8 Å². The van der Waals surface area contributed by atoms with Crippen LogP contribution in [-0.4, -0.2) is 14.3 Å². The van der Waals surface area contributed by atoms with Crippen molar-refractivity contribution in [3.05, 3.63) is 24.3 Å². The van der Waals surface area contributed by atoms with Gasteiger partial charge in [-0.3, -0.25) is 4.79 Å². The fraction of sp³-hybridized carbons (Fsp3) is 0.300. The van der Waals surface area contributed by atoms with Gasteiger partial charge in [0, 0.05) is 5.92 Å². The number of anilines is 1. The van der Waals surface area contributed by atoms with Gasteiger partial charge < -0.3 is 9.50 Å². The van der Waals surface area contributed by atoms with E-state index in [1.54, 1.807) is 6.07 Å². The number of carbonyl (C=O) groups excluding carboxylic acids is 1. The molecule has 7 heteroatoms. The van der Waals surface area contributed by atoms with Gasteiger partial charge in [-0.1, -0.05) is 16.0 Å². The average Bonchev–Trinajstić information content (AvgIpc) is 3.02. The van der Waals surface area contributed by atoms with Gasteiger partial charge >= 0.3 is 10.5 Å². The molecule has 0 aromatic heterocycles. The molecule has 1 aliphatic carbocycles. The van der Waals surface area contributed by atoms with E-state index in [1.165, 1.54) is 18.2 Å². The van der Waals surface area contributed by atoms with Crippen molar-refractivity contribution in [3.8, 4) is 5.75 Å². The van der Waals surface area contributed by atoms with Gasteiger partial charge in [-0.2, -0.15) is 8.42 Å². The van der Waals surface area contributed by atoms with Crippen LogP contribution in [0.25, 0.3) is 0 Å². The van der Waals surface area contributed by atoms with E-state index in [-0.39, 0.29) is 23.3 Å². The van der Waals surface area contributed by atoms with Gasteiger partial charge in [0.05, 0.1) is 5.69 Å². The van der Waals surface area contributed by atoms with E-state index in [1.807, 2.05) is 0 Å². The van der Waals surface area contributed by atoms with Crippen LogP contribution < -0.4 is 9.50 Å². The SMILES string of the molecule is O=C(Nc1ccccc1OS(=O)(=O)F)C1CC1. The number of nitrogens with one attached hydrogen (secondary N) is 1. The van der Waals surface area contributed by atoms with Crippen molar-refractivity contribution in [2.24, 2.45) is 5.92 Å². The van der Waals surface area contributed by atoms with E-state index in [4.69, 9.17) is 0 Å². The number of halogens is 1. The van der Waals surface area contributed by atoms with E-state index in [0.29, 0.717) is 0 Å². The van der Waals surface area contributed by atoms with Gasteiger partial charge in [0.15, 0.2) is 5.75 Å². The minimum absolute atomic E-state index is 0.0370. The summed E-state index contributed by atoms with van der Waals surface area (Å²) in [5, 5.41) is 2.50. The molecule has 0 aliphatic heterocycles. The van der Waals surface area contributed by atoms with Crippen molar-refractivity contribution in [1.82, 2.24) is 0 Å². The summed E-state index contributed by atoms with van der Waals surface area (Å²) >= 11 is 0. The summed E-state index contributed by atoms with van der Waals surface area (Å²) in [7, 11) is -5.09. The van der Waals surface area contributed by atoms with E-state index in [2.05, 4.69) is 9.50 Å². The number of carbonyl (C=O) groups is 1. The van der Waals surface area contributed by atoms with Gasteiger partial charge in [0.2, 0.25) is 5.91 Å². The number of hydrogen-bond donors (Lipinski definition) is 1. The Balaban J connectivity index is 2.17. The fourth-order valence-electron chi connectivity index (χ4n) is 1.33. The lowest BCUT2D eigenvalue weighted by atomic mass is 10.3. The zero-order chi connectivity index (χ0) is 12.5. The summed E-state index contributed by atoms with van der Waals surface area (Å²) in [6.07, 6.45) is 1.63. The van der Waals surface area contributed by atoms with E-state index in [9.17, 15) is 17.1 Å². The Morgan fingerprint density at radius 3 is 2.59 bits per heavy atom. The predicted molar refractivity (Wildman–Crippen MR) is 58.5 cm³/mol. The largest absolute Gasteiger partial charge is 0.488 e. The molecule has 17 heavy (non-hydrogen) atoms. The normalized spacial score (nSPS) is 15.4. The molecule has 1 N–H and O–H groups in total. The third-order valence-electron chi connectivity index (χ3n) is 2.28. The van der Waals surface area contributed by atoms with Crippen molar-refractivity contribution in [3.63, 3.8) is 0 Å². The van der Waals surface area contributed by atoms with Crippen LogP contribution in [0.5, 0.6) is 5.75 Å². The minimum atomic E-state index is -5.09. The topological polar surface area (TPSA) is 72.5 Å². The Hall–Kier alpha value is -1.63. The molecule has 0 heterocycles. The number of benzene rings is 1. The molecule has 0 spiro atoms. The minimum Gasteiger partial charge on any atom is -0.356 e. The molecule has 0 saturated heterocycles. The summed E-state index contributed by atoms with van der Waals surface area (Å²) in [5.41, 5.74) is 0.144. The second kappa shape index (κ2) is 4.33. The number of rotatable bonds is 4. The standard InChI is InChI=1S/C10H10FNO4S/c11-17(14,15)16-9-4-2-1-3-8(9)12-10(13)7-5-6-7/h1-4,7H,5-6H2,(H,12,13). The maximum absolute atomic E-state index is 12.4. The Morgan fingerprint density at radius 2 is 2.00 bits per heavy atom. The molecule has 0 bridgehead atoms. The van der Waals surface area contributed by atoms with Crippen LogP contribution in [0.15, 0.2) is 24.3 Å². The number of hydrogen-bond acceptors (Lipinski definition) is 4. The summed E-state index contributed by atoms with van der Waals surface area (Å²) in [4.78, 5) is 11.5. The molecular weight excluding hydrogens is 249 g/mol. The molecule has 1 amide bonds. The first kappa shape index (κ1) is 11.8. The maximum atomic E-state index is 12.4. The Labute approximate surface area is 98.0 Å². The highest BCUT2D eigenvalue weighted by atomic mass is 32.3. The van der Waals surface area contributed by atoms with Crippen LogP contribution >= 0.6 is 0 Å². The Bertz CT molecular complexity index is 539. The van der Waals surface area contributed by atoms with Gasteiger partial charge in [-0.05, 0) is 25.0 Å². The molecule has 1 aromatic carbocycles. The zero-order valence-electron chi connectivity index (χ0n) is 8.72. The number of amides is 1. The highest BCUT2D eigenvalue weighted by molar-refractivity contribution is 7.81. The molecule has 92 valence electrons. The highest BCUT2D eigenvalue weighted by Crippen LogP contribution is 2.32. The average molecular weight is 259 g/mol. The third-order valence-corrected chi connectivity index (χ3v) is 2.66. The summed E-state index contributed by atoms with van der Waals surface area (Å²) in [6, 6.07) is 5.77. The quantitative estimate of drug-likeness (QED) is 0.834. The molecule has 1 saturated carbocycles. The van der Waals surface area contributed by atoms with Crippen LogP contribution in [-0.2, 0) is 15.3 Å². The van der Waals surface area contributed by atoms with E-state index < -0.39 is 10.5 Å². The second-order valence-electron chi connectivity index (χ2n) is 3.74. The molecule has 2 rings (SSSR count). The molecule has 1 aromatic rings. The van der Waals surface area contributed by atoms with Crippen molar-refractivity contribution in [2.75, 3.05) is 5.32 Å². The summed E-state index contributed by atoms with van der Waals surface area (Å²) in [6.45, 7) is 0. The van der Waals surface area contributed by atoms with Crippen molar-refractivity contribution >= 4 is 22.1 Å². The van der Waals surface area contributed by atoms with Crippen molar-refractivity contribution < 1.29 is 21.3 Å². The summed E-state index contributed by atoms with van der Waals surface area (Å²) < 4.78 is 37.3. The molecular formula is C10H10FNO4S. The van der Waals surface area contributed by atoms with E-state index >= 15 is 0 Å². The lowest BCUT2D eigenvalue weighted by Crippen LogP contribution is -2.14. The van der Waals surface area contributed by atoms with Crippen LogP contribution in [0, 0.1) is 5.92 Å². The van der Waals surface area contributed by atoms with Gasteiger partial charge in [0.1, 0.15) is 0 Å². The van der Waals surface area contributed by atoms with Crippen molar-refractivity contribution in [1.29, 1.82) is 0 Å². The smallest absolute Gasteiger partial charge is 0.356 e. The van der Waals surface area contributed by atoms with Gasteiger partial charge in [-0.25, -0.2) is 0 Å². The van der Waals surface area contributed by atoms with Gasteiger partial charge in [0.25, 0.3) is 0 Å². The zero-order valence-corrected chi connectivity index (χ0v) is 9.54. The molecule has 0 radical (unpaired) electrons. The molecule has 1 aliphatic rings. The van der Waals surface area contributed by atoms with Crippen LogP contribution in [0.1, 0.15) is 12.8 Å². The first-order valence-electron chi connectivity index (χ1n) is 5.00. The molecule has 0 atom stereocenters. The number of para-hydroxylation sites is 2. The fourth-order valence-corrected chi connectivity index (χ4v) is 1.69. The molecule has 0 unspecified atom stereocenters. The van der Waals surface area contributed by atoms with Crippen LogP contribution in [0.4, 0.5) is 9.57 Å². The van der Waals surface area contributed by atoms with Crippen LogP contribution in [0.3, 0.4) is 0 Å². The summed E-state index contributed by atoms with van der Waals surface area (Å²) in [5.74, 6) is -0.480. The second-order valence-corrected chi connectivity index (χ2v) is 4.69. The molecule has 1 fully saturated rings. The van der Waals surface area contributed by atoms with E-state index in [0.717, 1.165) is 12.8 Å². The maximum Gasteiger partial charge on any atom is 0.488 e. The first-order valence-corrected chi connectivity index (χ1v) is 6.30. The third kappa shape index (κ3) is 3.42. The monoisotopic (exact) mass is 259 g/mol. The lowest BCUT2D eigenvalue weighted by molar-refractivity contribution is -0.117. The molecule has 5 nitrogen and oxygen atoms in total. The highest BCUT2D eigenvalue weighted by Gasteiger charge is 2.30. The Morgan fingerprint density at radius 1 is 1.35 bits per heavy atom.